The number of rotatable bonds is 2. The summed E-state index contributed by atoms with van der Waals surface area (Å²) >= 11 is 0. The van der Waals surface area contributed by atoms with Crippen molar-refractivity contribution in [3.8, 4) is 0 Å². The van der Waals surface area contributed by atoms with Crippen LogP contribution >= 0.6 is 12.4 Å². The van der Waals surface area contributed by atoms with Crippen LogP contribution in [0.1, 0.15) is 53.4 Å². The van der Waals surface area contributed by atoms with Crippen LogP contribution < -0.4 is 5.32 Å². The molecule has 1 fully saturated rings. The van der Waals surface area contributed by atoms with Crippen molar-refractivity contribution in [2.24, 2.45) is 0 Å². The predicted molar refractivity (Wildman–Crippen MR) is 106 cm³/mol. The fourth-order valence-electron chi connectivity index (χ4n) is 5.49. The van der Waals surface area contributed by atoms with E-state index in [1.54, 1.807) is 22.3 Å². The van der Waals surface area contributed by atoms with Crippen LogP contribution in [0, 0.1) is 0 Å². The van der Waals surface area contributed by atoms with Crippen molar-refractivity contribution in [2.45, 2.75) is 43.2 Å². The molecule has 4 aliphatic rings. The molecule has 2 nitrogen and oxygen atoms in total. The summed E-state index contributed by atoms with van der Waals surface area (Å²) in [6.07, 6.45) is 3.85. The van der Waals surface area contributed by atoms with Crippen LogP contribution in [0.3, 0.4) is 0 Å². The average molecular weight is 355 g/mol. The SMILES string of the molecule is CN(C1CCNCC1)C1CC2c3ccccc3C1c1ccccc12.Cl. The van der Waals surface area contributed by atoms with E-state index in [2.05, 4.69) is 65.8 Å². The van der Waals surface area contributed by atoms with E-state index in [9.17, 15) is 0 Å². The first-order chi connectivity index (χ1) is 11.8. The van der Waals surface area contributed by atoms with Gasteiger partial charge in [0.05, 0.1) is 0 Å². The molecule has 2 bridgehead atoms. The monoisotopic (exact) mass is 354 g/mol. The van der Waals surface area contributed by atoms with Gasteiger partial charge in [-0.25, -0.2) is 0 Å². The number of fused-ring (bicyclic) bond motifs is 1. The van der Waals surface area contributed by atoms with Gasteiger partial charge in [0, 0.05) is 23.9 Å². The predicted octanol–water partition coefficient (Wildman–Crippen LogP) is 4.14. The van der Waals surface area contributed by atoms with Gasteiger partial charge in [0.1, 0.15) is 0 Å². The highest BCUT2D eigenvalue weighted by molar-refractivity contribution is 5.85. The minimum atomic E-state index is 0. The summed E-state index contributed by atoms with van der Waals surface area (Å²) in [4.78, 5) is 2.73. The molecule has 1 atom stereocenters. The number of nitrogens with one attached hydrogen (secondary N) is 1. The molecule has 1 N–H and O–H groups in total. The van der Waals surface area contributed by atoms with E-state index in [0.29, 0.717) is 17.9 Å². The lowest BCUT2D eigenvalue weighted by molar-refractivity contribution is 0.111. The molecule has 2 aromatic carbocycles. The van der Waals surface area contributed by atoms with E-state index in [0.717, 1.165) is 6.04 Å². The third-order valence-corrected chi connectivity index (χ3v) is 6.68. The number of benzene rings is 2. The van der Waals surface area contributed by atoms with Crippen molar-refractivity contribution in [1.29, 1.82) is 0 Å². The minimum absolute atomic E-state index is 0. The highest BCUT2D eigenvalue weighted by atomic mass is 35.5. The Morgan fingerprint density at radius 1 is 0.840 bits per heavy atom. The van der Waals surface area contributed by atoms with Crippen LogP contribution in [-0.4, -0.2) is 37.1 Å². The second kappa shape index (κ2) is 6.75. The third kappa shape index (κ3) is 2.63. The highest BCUT2D eigenvalue weighted by Crippen LogP contribution is 2.54. The van der Waals surface area contributed by atoms with Crippen LogP contribution in [0.2, 0.25) is 0 Å². The normalized spacial score (nSPS) is 27.5. The maximum Gasteiger partial charge on any atom is 0.0251 e. The number of halogens is 1. The first kappa shape index (κ1) is 17.1. The molecular formula is C22H27ClN2. The van der Waals surface area contributed by atoms with Crippen LogP contribution in [0.15, 0.2) is 48.5 Å². The number of likely N-dealkylation sites (N-methyl/N-ethyl adjacent to an activating group) is 1. The van der Waals surface area contributed by atoms with Crippen molar-refractivity contribution in [2.75, 3.05) is 20.1 Å². The zero-order valence-corrected chi connectivity index (χ0v) is 15.6. The van der Waals surface area contributed by atoms with Crippen molar-refractivity contribution in [1.82, 2.24) is 10.2 Å². The molecule has 1 saturated heterocycles. The van der Waals surface area contributed by atoms with Gasteiger partial charge in [-0.05, 0) is 61.7 Å². The van der Waals surface area contributed by atoms with Gasteiger partial charge in [-0.15, -0.1) is 12.4 Å². The molecule has 0 amide bonds. The fourth-order valence-corrected chi connectivity index (χ4v) is 5.49. The molecule has 1 heterocycles. The molecule has 0 radical (unpaired) electrons. The molecule has 0 aromatic heterocycles. The van der Waals surface area contributed by atoms with E-state index in [4.69, 9.17) is 0 Å². The smallest absolute Gasteiger partial charge is 0.0251 e. The van der Waals surface area contributed by atoms with Crippen LogP contribution in [0.5, 0.6) is 0 Å². The van der Waals surface area contributed by atoms with Crippen molar-refractivity contribution in [3.63, 3.8) is 0 Å². The maximum absolute atomic E-state index is 3.51. The Labute approximate surface area is 157 Å². The first-order valence-electron chi connectivity index (χ1n) is 9.45. The molecule has 0 saturated carbocycles. The summed E-state index contributed by atoms with van der Waals surface area (Å²) in [5, 5.41) is 3.51. The van der Waals surface area contributed by atoms with E-state index >= 15 is 0 Å². The van der Waals surface area contributed by atoms with Gasteiger partial charge in [-0.1, -0.05) is 48.5 Å². The Balaban J connectivity index is 0.00000157. The molecule has 3 heteroatoms. The first-order valence-corrected chi connectivity index (χ1v) is 9.45. The molecule has 6 rings (SSSR count). The summed E-state index contributed by atoms with van der Waals surface area (Å²) in [5.74, 6) is 1.12. The quantitative estimate of drug-likeness (QED) is 0.871. The van der Waals surface area contributed by atoms with E-state index in [-0.39, 0.29) is 12.4 Å². The molecule has 2 aromatic rings. The Bertz CT molecular complexity index is 706. The van der Waals surface area contributed by atoms with Gasteiger partial charge < -0.3 is 5.32 Å². The lowest BCUT2D eigenvalue weighted by Gasteiger charge is -2.50. The summed E-state index contributed by atoms with van der Waals surface area (Å²) in [5.41, 5.74) is 6.32. The average Bonchev–Trinajstić information content (AvgIpc) is 2.68. The zero-order chi connectivity index (χ0) is 16.1. The maximum atomic E-state index is 3.51. The summed E-state index contributed by atoms with van der Waals surface area (Å²) in [6, 6.07) is 19.7. The molecule has 1 unspecified atom stereocenters. The van der Waals surface area contributed by atoms with Gasteiger partial charge in [0.2, 0.25) is 0 Å². The topological polar surface area (TPSA) is 15.3 Å². The Kier molecular flexibility index (Phi) is 4.61. The number of hydrogen-bond donors (Lipinski definition) is 1. The summed E-state index contributed by atoms with van der Waals surface area (Å²) in [7, 11) is 2.38. The molecule has 3 aliphatic carbocycles. The molecule has 0 spiro atoms. The third-order valence-electron chi connectivity index (χ3n) is 6.68. The zero-order valence-electron chi connectivity index (χ0n) is 14.8. The number of nitrogens with zero attached hydrogens (tertiary/aromatic N) is 1. The molecule has 132 valence electrons. The largest absolute Gasteiger partial charge is 0.317 e. The van der Waals surface area contributed by atoms with Gasteiger partial charge >= 0.3 is 0 Å². The lowest BCUT2D eigenvalue weighted by Crippen LogP contribution is -2.51. The van der Waals surface area contributed by atoms with Crippen LogP contribution in [-0.2, 0) is 0 Å². The molecule has 25 heavy (non-hydrogen) atoms. The van der Waals surface area contributed by atoms with Crippen molar-refractivity contribution in [3.05, 3.63) is 70.8 Å². The highest BCUT2D eigenvalue weighted by Gasteiger charge is 2.45. The van der Waals surface area contributed by atoms with Gasteiger partial charge in [0.25, 0.3) is 0 Å². The molecular weight excluding hydrogens is 328 g/mol. The van der Waals surface area contributed by atoms with Crippen LogP contribution in [0.4, 0.5) is 0 Å². The summed E-state index contributed by atoms with van der Waals surface area (Å²) < 4.78 is 0. The number of piperidine rings is 1. The van der Waals surface area contributed by atoms with Crippen LogP contribution in [0.25, 0.3) is 0 Å². The van der Waals surface area contributed by atoms with Gasteiger partial charge in [-0.2, -0.15) is 0 Å². The lowest BCUT2D eigenvalue weighted by atomic mass is 9.61. The van der Waals surface area contributed by atoms with Gasteiger partial charge in [-0.3, -0.25) is 4.90 Å². The molecule has 1 aliphatic heterocycles. The van der Waals surface area contributed by atoms with Gasteiger partial charge in [0.15, 0.2) is 0 Å². The fraction of sp³-hybridized carbons (Fsp3) is 0.455. The standard InChI is InChI=1S/C22H26N2.ClH/c1-24(15-10-12-23-13-11-15)21-14-20-16-6-2-4-8-18(16)22(21)19-9-5-3-7-17(19)20;/h2-9,15,20-23H,10-14H2,1H3;1H. The number of hydrogen-bond acceptors (Lipinski definition) is 2. The van der Waals surface area contributed by atoms with E-state index in [1.165, 1.54) is 32.4 Å². The Morgan fingerprint density at radius 2 is 1.36 bits per heavy atom. The second-order valence-electron chi connectivity index (χ2n) is 7.74. The van der Waals surface area contributed by atoms with Crippen molar-refractivity contribution >= 4 is 12.4 Å². The summed E-state index contributed by atoms with van der Waals surface area (Å²) in [6.45, 7) is 2.34. The Hall–Kier alpha value is -1.35. The van der Waals surface area contributed by atoms with E-state index < -0.39 is 0 Å². The van der Waals surface area contributed by atoms with Crippen molar-refractivity contribution < 1.29 is 0 Å². The second-order valence-corrected chi connectivity index (χ2v) is 7.74. The van der Waals surface area contributed by atoms with E-state index in [1.807, 2.05) is 0 Å². The minimum Gasteiger partial charge on any atom is -0.317 e. The Morgan fingerprint density at radius 3 is 1.92 bits per heavy atom.